The monoisotopic (exact) mass is 346 g/mol. The van der Waals surface area contributed by atoms with Crippen LogP contribution in [0.2, 0.25) is 0 Å². The summed E-state index contributed by atoms with van der Waals surface area (Å²) in [5, 5.41) is 2.71. The van der Waals surface area contributed by atoms with E-state index in [1.807, 2.05) is 11.8 Å². The molecule has 3 rings (SSSR count). The second kappa shape index (κ2) is 6.81. The van der Waals surface area contributed by atoms with Crippen molar-refractivity contribution in [2.24, 2.45) is 5.73 Å². The van der Waals surface area contributed by atoms with E-state index < -0.39 is 5.91 Å². The predicted molar refractivity (Wildman–Crippen MR) is 95.5 cm³/mol. The van der Waals surface area contributed by atoms with Crippen LogP contribution in [0, 0.1) is 6.92 Å². The Bertz CT molecular complexity index is 849. The molecule has 3 heterocycles. The van der Waals surface area contributed by atoms with Crippen LogP contribution in [0.1, 0.15) is 18.9 Å². The van der Waals surface area contributed by atoms with Gasteiger partial charge in [-0.05, 0) is 18.6 Å². The topological polar surface area (TPSA) is 123 Å². The Morgan fingerprint density at radius 2 is 2.24 bits per heavy atom. The van der Waals surface area contributed by atoms with Crippen LogP contribution in [-0.2, 0) is 9.53 Å². The summed E-state index contributed by atoms with van der Waals surface area (Å²) in [6.45, 7) is 3.01. The normalized spacial score (nSPS) is 13.4. The SMILES string of the molecule is COCCN1CC(=O)Nc2ncc(-c3cnc(C(N)=O)cc3C)nc21.[HH].[HH]. The van der Waals surface area contributed by atoms with Crippen molar-refractivity contribution in [2.75, 3.05) is 37.0 Å². The van der Waals surface area contributed by atoms with Crippen molar-refractivity contribution in [3.05, 3.63) is 29.7 Å². The number of methoxy groups -OCH3 is 1. The number of primary amides is 1. The van der Waals surface area contributed by atoms with Crippen molar-refractivity contribution in [1.82, 2.24) is 15.0 Å². The van der Waals surface area contributed by atoms with E-state index in [-0.39, 0.29) is 21.0 Å². The molecule has 0 bridgehead atoms. The van der Waals surface area contributed by atoms with E-state index in [0.29, 0.717) is 30.5 Å². The minimum atomic E-state index is -0.584. The van der Waals surface area contributed by atoms with Gasteiger partial charge in [-0.1, -0.05) is 0 Å². The lowest BCUT2D eigenvalue weighted by Crippen LogP contribution is -2.41. The van der Waals surface area contributed by atoms with Gasteiger partial charge in [-0.15, -0.1) is 0 Å². The first-order valence-corrected chi connectivity index (χ1v) is 7.67. The van der Waals surface area contributed by atoms with Crippen LogP contribution < -0.4 is 16.0 Å². The van der Waals surface area contributed by atoms with Crippen molar-refractivity contribution in [3.8, 4) is 11.3 Å². The van der Waals surface area contributed by atoms with E-state index in [0.717, 1.165) is 11.1 Å². The lowest BCUT2D eigenvalue weighted by Gasteiger charge is -2.29. The van der Waals surface area contributed by atoms with Crippen molar-refractivity contribution in [2.45, 2.75) is 6.92 Å². The minimum absolute atomic E-state index is 0. The number of nitrogens with one attached hydrogen (secondary N) is 1. The molecule has 0 fully saturated rings. The third-order valence-corrected chi connectivity index (χ3v) is 3.85. The number of ether oxygens (including phenoxy) is 1. The van der Waals surface area contributed by atoms with E-state index >= 15 is 0 Å². The number of aromatic nitrogens is 3. The molecule has 9 heteroatoms. The number of hydrogen-bond acceptors (Lipinski definition) is 7. The van der Waals surface area contributed by atoms with E-state index in [9.17, 15) is 9.59 Å². The summed E-state index contributed by atoms with van der Waals surface area (Å²) in [6, 6.07) is 1.61. The first kappa shape index (κ1) is 16.8. The van der Waals surface area contributed by atoms with Crippen molar-refractivity contribution >= 4 is 23.5 Å². The molecule has 0 atom stereocenters. The van der Waals surface area contributed by atoms with Gasteiger partial charge in [-0.3, -0.25) is 14.6 Å². The summed E-state index contributed by atoms with van der Waals surface area (Å²) in [5.74, 6) is 0.261. The summed E-state index contributed by atoms with van der Waals surface area (Å²) in [7, 11) is 1.60. The van der Waals surface area contributed by atoms with E-state index in [2.05, 4.69) is 20.3 Å². The molecule has 2 amide bonds. The van der Waals surface area contributed by atoms with Gasteiger partial charge in [0.15, 0.2) is 11.6 Å². The van der Waals surface area contributed by atoms with Gasteiger partial charge in [0.25, 0.3) is 5.91 Å². The van der Waals surface area contributed by atoms with Gasteiger partial charge >= 0.3 is 0 Å². The summed E-state index contributed by atoms with van der Waals surface area (Å²) in [6.07, 6.45) is 3.11. The molecule has 0 aromatic carbocycles. The maximum atomic E-state index is 11.8. The van der Waals surface area contributed by atoms with Gasteiger partial charge in [-0.25, -0.2) is 9.97 Å². The molecule has 0 saturated heterocycles. The maximum Gasteiger partial charge on any atom is 0.267 e. The summed E-state index contributed by atoms with van der Waals surface area (Å²) >= 11 is 0. The van der Waals surface area contributed by atoms with E-state index in [1.165, 1.54) is 0 Å². The zero-order valence-corrected chi connectivity index (χ0v) is 13.9. The Morgan fingerprint density at radius 3 is 2.92 bits per heavy atom. The molecular formula is C16H22N6O3. The van der Waals surface area contributed by atoms with Crippen LogP contribution >= 0.6 is 0 Å². The van der Waals surface area contributed by atoms with Crippen LogP contribution in [0.15, 0.2) is 18.5 Å². The highest BCUT2D eigenvalue weighted by atomic mass is 16.5. The molecule has 2 aromatic heterocycles. The lowest BCUT2D eigenvalue weighted by molar-refractivity contribution is -0.115. The van der Waals surface area contributed by atoms with Crippen LogP contribution in [-0.4, -0.2) is 53.6 Å². The quantitative estimate of drug-likeness (QED) is 0.822. The van der Waals surface area contributed by atoms with E-state index in [1.54, 1.807) is 25.6 Å². The Balaban J connectivity index is 0.00000182. The summed E-state index contributed by atoms with van der Waals surface area (Å²) in [5.41, 5.74) is 7.59. The van der Waals surface area contributed by atoms with Crippen LogP contribution in [0.25, 0.3) is 11.3 Å². The van der Waals surface area contributed by atoms with Crippen LogP contribution in [0.5, 0.6) is 0 Å². The molecule has 25 heavy (non-hydrogen) atoms. The molecule has 1 aliphatic heterocycles. The van der Waals surface area contributed by atoms with Gasteiger partial charge in [0, 0.05) is 28.3 Å². The molecule has 1 aliphatic rings. The molecule has 0 saturated carbocycles. The number of pyridine rings is 1. The van der Waals surface area contributed by atoms with Gasteiger partial charge in [-0.2, -0.15) is 0 Å². The third-order valence-electron chi connectivity index (χ3n) is 3.85. The number of hydrogen-bond donors (Lipinski definition) is 2. The largest absolute Gasteiger partial charge is 0.383 e. The lowest BCUT2D eigenvalue weighted by atomic mass is 10.1. The Hall–Kier alpha value is -3.07. The first-order valence-electron chi connectivity index (χ1n) is 7.67. The molecule has 0 radical (unpaired) electrons. The molecule has 2 aromatic rings. The van der Waals surface area contributed by atoms with Crippen LogP contribution in [0.3, 0.4) is 0 Å². The molecule has 3 N–H and O–H groups in total. The maximum absolute atomic E-state index is 11.8. The minimum Gasteiger partial charge on any atom is -0.383 e. The van der Waals surface area contributed by atoms with Crippen molar-refractivity contribution < 1.29 is 17.2 Å². The average molecular weight is 346 g/mol. The Kier molecular flexibility index (Phi) is 4.57. The zero-order chi connectivity index (χ0) is 18.0. The van der Waals surface area contributed by atoms with Gasteiger partial charge in [0.05, 0.1) is 25.0 Å². The molecular weight excluding hydrogens is 324 g/mol. The number of amides is 2. The molecule has 134 valence electrons. The second-order valence-corrected chi connectivity index (χ2v) is 5.64. The molecule has 0 aliphatic carbocycles. The summed E-state index contributed by atoms with van der Waals surface area (Å²) in [4.78, 5) is 37.8. The summed E-state index contributed by atoms with van der Waals surface area (Å²) < 4.78 is 5.09. The van der Waals surface area contributed by atoms with Crippen molar-refractivity contribution in [1.29, 1.82) is 0 Å². The third kappa shape index (κ3) is 3.41. The second-order valence-electron chi connectivity index (χ2n) is 5.64. The number of rotatable bonds is 5. The highest BCUT2D eigenvalue weighted by Crippen LogP contribution is 2.29. The predicted octanol–water partition coefficient (Wildman–Crippen LogP) is 0.843. The highest BCUT2D eigenvalue weighted by Gasteiger charge is 2.25. The molecule has 0 spiro atoms. The van der Waals surface area contributed by atoms with Gasteiger partial charge in [0.2, 0.25) is 5.91 Å². The fourth-order valence-corrected chi connectivity index (χ4v) is 2.58. The smallest absolute Gasteiger partial charge is 0.267 e. The zero-order valence-electron chi connectivity index (χ0n) is 13.9. The number of aryl methyl sites for hydroxylation is 1. The van der Waals surface area contributed by atoms with Gasteiger partial charge in [0.1, 0.15) is 5.69 Å². The standard InChI is InChI=1S/C16H18N6O3.2H2/c1-9-5-11(14(17)24)18-6-10(9)12-7-19-15-16(20-12)22(3-4-25-2)8-13(23)21-15;;/h5-7H,3-4,8H2,1-2H3,(H2,17,24)(H,19,21,23);2*1H. The Morgan fingerprint density at radius 1 is 1.44 bits per heavy atom. The van der Waals surface area contributed by atoms with Crippen LogP contribution in [0.4, 0.5) is 11.6 Å². The number of anilines is 2. The number of nitrogens with two attached hydrogens (primary N) is 1. The number of carbonyl (C=O) groups excluding carboxylic acids is 2. The van der Waals surface area contributed by atoms with Crippen molar-refractivity contribution in [3.63, 3.8) is 0 Å². The molecule has 0 unspecified atom stereocenters. The fourth-order valence-electron chi connectivity index (χ4n) is 2.58. The van der Waals surface area contributed by atoms with Gasteiger partial charge < -0.3 is 20.7 Å². The number of carbonyl (C=O) groups is 2. The highest BCUT2D eigenvalue weighted by molar-refractivity contribution is 5.99. The number of nitrogens with zero attached hydrogens (tertiary/aromatic N) is 4. The first-order chi connectivity index (χ1) is 12.0. The number of fused-ring (bicyclic) bond motifs is 1. The Labute approximate surface area is 147 Å². The average Bonchev–Trinajstić information content (AvgIpc) is 2.59. The molecule has 9 nitrogen and oxygen atoms in total. The fraction of sp³-hybridized carbons (Fsp3) is 0.312. The van der Waals surface area contributed by atoms with E-state index in [4.69, 9.17) is 10.5 Å².